The van der Waals surface area contributed by atoms with Crippen LogP contribution in [0.15, 0.2) is 18.2 Å². The minimum absolute atomic E-state index is 0.00634. The molecule has 0 bridgehead atoms. The van der Waals surface area contributed by atoms with Crippen molar-refractivity contribution >= 4 is 5.91 Å². The Kier molecular flexibility index (Phi) is 3.34. The Morgan fingerprint density at radius 2 is 2.29 bits per heavy atom. The number of rotatable bonds is 4. The molecule has 4 nitrogen and oxygen atoms in total. The Balaban J connectivity index is 2.94. The summed E-state index contributed by atoms with van der Waals surface area (Å²) in [7, 11) is 0. The van der Waals surface area contributed by atoms with Crippen LogP contribution in [0, 0.1) is 0 Å². The normalized spacial score (nSPS) is 9.79. The first kappa shape index (κ1) is 10.4. The topological polar surface area (TPSA) is 72.5 Å². The molecule has 0 spiro atoms. The van der Waals surface area contributed by atoms with Crippen LogP contribution < -0.4 is 10.5 Å². The number of carbonyl (C=O) groups is 1. The van der Waals surface area contributed by atoms with Gasteiger partial charge in [-0.2, -0.15) is 0 Å². The molecule has 3 N–H and O–H groups in total. The van der Waals surface area contributed by atoms with E-state index in [0.29, 0.717) is 17.9 Å². The molecule has 76 valence electrons. The number of nitrogens with two attached hydrogens (primary N) is 1. The number of amides is 1. The number of aromatic hydroxyl groups is 1. The summed E-state index contributed by atoms with van der Waals surface area (Å²) >= 11 is 0. The van der Waals surface area contributed by atoms with Crippen LogP contribution in [0.2, 0.25) is 0 Å². The van der Waals surface area contributed by atoms with Crippen LogP contribution in [0.4, 0.5) is 0 Å². The summed E-state index contributed by atoms with van der Waals surface area (Å²) in [5.41, 5.74) is 5.52. The molecule has 0 unspecified atom stereocenters. The molecule has 0 saturated heterocycles. The summed E-state index contributed by atoms with van der Waals surface area (Å²) in [5, 5.41) is 9.64. The van der Waals surface area contributed by atoms with Crippen LogP contribution in [0.3, 0.4) is 0 Å². The number of phenolic OH excluding ortho intramolecular Hbond substituents is 1. The summed E-state index contributed by atoms with van der Waals surface area (Å²) in [6.07, 6.45) is 0.0206. The van der Waals surface area contributed by atoms with Gasteiger partial charge in [-0.25, -0.2) is 0 Å². The molecule has 1 rings (SSSR count). The molecule has 0 atom stereocenters. The van der Waals surface area contributed by atoms with Gasteiger partial charge in [0.25, 0.3) is 0 Å². The maximum absolute atomic E-state index is 10.7. The van der Waals surface area contributed by atoms with Crippen LogP contribution in [0.5, 0.6) is 11.5 Å². The number of ether oxygens (including phenoxy) is 1. The maximum Gasteiger partial charge on any atom is 0.221 e. The molecule has 0 aromatic heterocycles. The molecule has 1 aromatic carbocycles. The molecule has 0 radical (unpaired) electrons. The minimum atomic E-state index is -0.478. The van der Waals surface area contributed by atoms with Gasteiger partial charge >= 0.3 is 0 Å². The van der Waals surface area contributed by atoms with Crippen LogP contribution in [0.25, 0.3) is 0 Å². The Morgan fingerprint density at radius 3 is 2.86 bits per heavy atom. The molecule has 0 fully saturated rings. The Labute approximate surface area is 82.3 Å². The lowest BCUT2D eigenvalue weighted by molar-refractivity contribution is -0.117. The van der Waals surface area contributed by atoms with Gasteiger partial charge in [0.1, 0.15) is 0 Å². The minimum Gasteiger partial charge on any atom is -0.504 e. The number of para-hydroxylation sites is 1. The van der Waals surface area contributed by atoms with Crippen molar-refractivity contribution < 1.29 is 14.6 Å². The van der Waals surface area contributed by atoms with Gasteiger partial charge in [-0.05, 0) is 13.0 Å². The fraction of sp³-hybridized carbons (Fsp3) is 0.300. The zero-order valence-electron chi connectivity index (χ0n) is 7.99. The number of hydrogen-bond donors (Lipinski definition) is 2. The quantitative estimate of drug-likeness (QED) is 0.747. The van der Waals surface area contributed by atoms with Crippen molar-refractivity contribution in [2.45, 2.75) is 13.3 Å². The highest BCUT2D eigenvalue weighted by Crippen LogP contribution is 2.29. The second-order valence-electron chi connectivity index (χ2n) is 2.84. The summed E-state index contributed by atoms with van der Waals surface area (Å²) in [6, 6.07) is 4.99. The molecule has 0 saturated carbocycles. The predicted molar refractivity (Wildman–Crippen MR) is 52.2 cm³/mol. The van der Waals surface area contributed by atoms with Crippen molar-refractivity contribution in [2.75, 3.05) is 6.61 Å². The predicted octanol–water partition coefficient (Wildman–Crippen LogP) is 0.819. The summed E-state index contributed by atoms with van der Waals surface area (Å²) in [6.45, 7) is 2.29. The van der Waals surface area contributed by atoms with Gasteiger partial charge in [-0.15, -0.1) is 0 Å². The van der Waals surface area contributed by atoms with Crippen molar-refractivity contribution in [2.24, 2.45) is 5.73 Å². The van der Waals surface area contributed by atoms with Crippen LogP contribution in [0.1, 0.15) is 12.5 Å². The first-order chi connectivity index (χ1) is 6.65. The standard InChI is InChI=1S/C10H13NO3/c1-2-14-8-5-3-4-7(10(8)13)6-9(11)12/h3-5,13H,2,6H2,1H3,(H2,11,12). The fourth-order valence-corrected chi connectivity index (χ4v) is 1.17. The van der Waals surface area contributed by atoms with Gasteiger partial charge in [0.15, 0.2) is 11.5 Å². The number of hydrogen-bond acceptors (Lipinski definition) is 3. The Bertz CT molecular complexity index is 336. The van der Waals surface area contributed by atoms with E-state index in [-0.39, 0.29) is 12.2 Å². The van der Waals surface area contributed by atoms with Crippen molar-refractivity contribution in [1.29, 1.82) is 0 Å². The lowest BCUT2D eigenvalue weighted by Gasteiger charge is -2.08. The lowest BCUT2D eigenvalue weighted by atomic mass is 10.1. The third-order valence-electron chi connectivity index (χ3n) is 1.75. The van der Waals surface area contributed by atoms with E-state index in [1.807, 2.05) is 6.92 Å². The van der Waals surface area contributed by atoms with Gasteiger partial charge in [0.2, 0.25) is 5.91 Å². The van der Waals surface area contributed by atoms with Crippen LogP contribution in [-0.4, -0.2) is 17.6 Å². The monoisotopic (exact) mass is 195 g/mol. The van der Waals surface area contributed by atoms with Gasteiger partial charge in [-0.3, -0.25) is 4.79 Å². The van der Waals surface area contributed by atoms with Crippen LogP contribution >= 0.6 is 0 Å². The highest BCUT2D eigenvalue weighted by molar-refractivity contribution is 5.77. The lowest BCUT2D eigenvalue weighted by Crippen LogP contribution is -2.13. The highest BCUT2D eigenvalue weighted by Gasteiger charge is 2.09. The van der Waals surface area contributed by atoms with E-state index in [1.54, 1.807) is 18.2 Å². The molecule has 1 amide bonds. The average molecular weight is 195 g/mol. The summed E-state index contributed by atoms with van der Waals surface area (Å²) in [4.78, 5) is 10.7. The zero-order valence-corrected chi connectivity index (χ0v) is 7.99. The molecular formula is C10H13NO3. The number of phenols is 1. The van der Waals surface area contributed by atoms with Gasteiger partial charge in [-0.1, -0.05) is 12.1 Å². The number of benzene rings is 1. The van der Waals surface area contributed by atoms with Gasteiger partial charge < -0.3 is 15.6 Å². The molecular weight excluding hydrogens is 182 g/mol. The largest absolute Gasteiger partial charge is 0.504 e. The SMILES string of the molecule is CCOc1cccc(CC(N)=O)c1O. The molecule has 0 aliphatic heterocycles. The molecule has 0 aliphatic rings. The Morgan fingerprint density at radius 1 is 1.57 bits per heavy atom. The van der Waals surface area contributed by atoms with E-state index in [1.165, 1.54) is 0 Å². The molecule has 0 heterocycles. The van der Waals surface area contributed by atoms with E-state index in [4.69, 9.17) is 10.5 Å². The van der Waals surface area contributed by atoms with Gasteiger partial charge in [0, 0.05) is 5.56 Å². The Hall–Kier alpha value is -1.71. The summed E-state index contributed by atoms with van der Waals surface area (Å²) in [5.74, 6) is -0.103. The average Bonchev–Trinajstić information content (AvgIpc) is 2.11. The number of primary amides is 1. The maximum atomic E-state index is 10.7. The zero-order chi connectivity index (χ0) is 10.6. The van der Waals surface area contributed by atoms with E-state index >= 15 is 0 Å². The van der Waals surface area contributed by atoms with Gasteiger partial charge in [0.05, 0.1) is 13.0 Å². The summed E-state index contributed by atoms with van der Waals surface area (Å²) < 4.78 is 5.16. The van der Waals surface area contributed by atoms with Crippen LogP contribution in [-0.2, 0) is 11.2 Å². The van der Waals surface area contributed by atoms with E-state index < -0.39 is 5.91 Å². The van der Waals surface area contributed by atoms with Crippen molar-refractivity contribution in [3.8, 4) is 11.5 Å². The van der Waals surface area contributed by atoms with Crippen molar-refractivity contribution in [3.63, 3.8) is 0 Å². The smallest absolute Gasteiger partial charge is 0.221 e. The fourth-order valence-electron chi connectivity index (χ4n) is 1.17. The first-order valence-electron chi connectivity index (χ1n) is 4.37. The molecule has 4 heteroatoms. The molecule has 0 aliphatic carbocycles. The number of carbonyl (C=O) groups excluding carboxylic acids is 1. The molecule has 1 aromatic rings. The van der Waals surface area contributed by atoms with E-state index in [2.05, 4.69) is 0 Å². The third-order valence-corrected chi connectivity index (χ3v) is 1.75. The molecule has 14 heavy (non-hydrogen) atoms. The highest BCUT2D eigenvalue weighted by atomic mass is 16.5. The second-order valence-corrected chi connectivity index (χ2v) is 2.84. The second kappa shape index (κ2) is 4.50. The van der Waals surface area contributed by atoms with Crippen molar-refractivity contribution in [1.82, 2.24) is 0 Å². The van der Waals surface area contributed by atoms with E-state index in [9.17, 15) is 9.90 Å². The third kappa shape index (κ3) is 2.39. The van der Waals surface area contributed by atoms with Crippen molar-refractivity contribution in [3.05, 3.63) is 23.8 Å². The first-order valence-corrected chi connectivity index (χ1v) is 4.37. The van der Waals surface area contributed by atoms with E-state index in [0.717, 1.165) is 0 Å².